The lowest BCUT2D eigenvalue weighted by Crippen LogP contribution is -2.46. The number of phosphoric ester groups is 1. The van der Waals surface area contributed by atoms with Crippen molar-refractivity contribution < 1.29 is 56.3 Å². The lowest BCUT2D eigenvalue weighted by atomic mass is 9.96. The molecule has 0 saturated carbocycles. The number of ether oxygens (including phenoxy) is 1. The number of aromatic amines is 1. The van der Waals surface area contributed by atoms with Gasteiger partial charge in [-0.3, -0.25) is 18.9 Å². The number of aliphatic hydroxyl groups is 1. The topological polar surface area (TPSA) is 244 Å². The Morgan fingerprint density at radius 2 is 1.79 bits per heavy atom. The third-order valence-electron chi connectivity index (χ3n) is 4.29. The normalized spacial score (nSPS) is 29.5. The molecular weight excluding hydrogens is 549 g/mol. The molecule has 0 radical (unpaired) electrons. The Kier molecular flexibility index (Phi) is 8.63. The predicted molar refractivity (Wildman–Crippen MR) is 112 cm³/mol. The Labute approximate surface area is 195 Å². The molecule has 0 spiro atoms. The van der Waals surface area contributed by atoms with E-state index in [9.17, 15) is 38.2 Å². The maximum absolute atomic E-state index is 12.4. The van der Waals surface area contributed by atoms with Crippen LogP contribution in [0.25, 0.3) is 0 Å². The number of phosphoric acid groups is 3. The van der Waals surface area contributed by atoms with E-state index in [0.717, 1.165) is 17.6 Å². The van der Waals surface area contributed by atoms with Gasteiger partial charge in [-0.1, -0.05) is 17.5 Å². The summed E-state index contributed by atoms with van der Waals surface area (Å²) in [4.78, 5) is 60.1. The summed E-state index contributed by atoms with van der Waals surface area (Å²) in [6, 6.07) is 1.04. The molecule has 16 nitrogen and oxygen atoms in total. The van der Waals surface area contributed by atoms with Crippen LogP contribution >= 0.6 is 35.1 Å². The average molecular weight is 569 g/mol. The van der Waals surface area contributed by atoms with Gasteiger partial charge in [0, 0.05) is 11.8 Å². The van der Waals surface area contributed by atoms with Crippen molar-refractivity contribution in [2.45, 2.75) is 50.2 Å². The van der Waals surface area contributed by atoms with Crippen molar-refractivity contribution in [2.24, 2.45) is 0 Å². The number of nitrogens with one attached hydrogen (secondary N) is 1. The molecule has 34 heavy (non-hydrogen) atoms. The first-order valence-electron chi connectivity index (χ1n) is 8.93. The van der Waals surface area contributed by atoms with E-state index in [1.165, 1.54) is 13.8 Å². The van der Waals surface area contributed by atoms with Crippen LogP contribution in [0, 0.1) is 18.8 Å². The van der Waals surface area contributed by atoms with Crippen LogP contribution in [0.1, 0.15) is 25.8 Å². The molecule has 1 aliphatic rings. The van der Waals surface area contributed by atoms with Gasteiger partial charge in [0.1, 0.15) is 12.2 Å². The number of aromatic nitrogens is 2. The highest BCUT2D eigenvalue weighted by molar-refractivity contribution is 7.66. The Bertz CT molecular complexity index is 1260. The van der Waals surface area contributed by atoms with Crippen LogP contribution in [-0.4, -0.2) is 57.4 Å². The fraction of sp³-hybridized carbons (Fsp3) is 0.571. The number of halogens is 1. The summed E-state index contributed by atoms with van der Waals surface area (Å²) in [7, 11) is -17.0. The Morgan fingerprint density at radius 1 is 1.21 bits per heavy atom. The summed E-state index contributed by atoms with van der Waals surface area (Å²) in [5.41, 5.74) is -1.63. The number of hydrogen-bond donors (Lipinski definition) is 6. The van der Waals surface area contributed by atoms with Crippen molar-refractivity contribution in [1.29, 1.82) is 0 Å². The SMILES string of the molecule is CC#CC1(Cl)C(O)[C@@H]([C@H](C)OP(=O)(O)OP(=O)(O)OP(=O)(O)O)O[C@H]1n1c(C)cc(=O)[nH]c1=O. The van der Waals surface area contributed by atoms with Crippen molar-refractivity contribution in [2.75, 3.05) is 0 Å². The number of hydrogen-bond acceptors (Lipinski definition) is 10. The monoisotopic (exact) mass is 568 g/mol. The van der Waals surface area contributed by atoms with E-state index >= 15 is 0 Å². The maximum atomic E-state index is 12.4. The zero-order valence-electron chi connectivity index (χ0n) is 17.5. The third-order valence-corrected chi connectivity index (χ3v) is 8.72. The lowest BCUT2D eigenvalue weighted by molar-refractivity contribution is -0.0754. The summed E-state index contributed by atoms with van der Waals surface area (Å²) >= 11 is 6.48. The molecule has 192 valence electrons. The predicted octanol–water partition coefficient (Wildman–Crippen LogP) is -0.164. The fourth-order valence-corrected chi connectivity index (χ4v) is 6.70. The van der Waals surface area contributed by atoms with Crippen LogP contribution in [-0.2, 0) is 31.6 Å². The minimum Gasteiger partial charge on any atom is -0.387 e. The van der Waals surface area contributed by atoms with Gasteiger partial charge >= 0.3 is 29.2 Å². The van der Waals surface area contributed by atoms with E-state index in [4.69, 9.17) is 26.1 Å². The van der Waals surface area contributed by atoms with Gasteiger partial charge in [-0.05, 0) is 20.8 Å². The molecule has 0 bridgehead atoms. The molecule has 1 aromatic heterocycles. The van der Waals surface area contributed by atoms with E-state index in [0.29, 0.717) is 0 Å². The third kappa shape index (κ3) is 6.75. The number of rotatable bonds is 8. The van der Waals surface area contributed by atoms with Crippen LogP contribution in [0.5, 0.6) is 0 Å². The summed E-state index contributed by atoms with van der Waals surface area (Å²) in [5, 5.41) is 10.8. The molecule has 7 atom stereocenters. The number of nitrogens with zero attached hydrogens (tertiary/aromatic N) is 1. The average Bonchev–Trinajstić information content (AvgIpc) is 2.83. The molecular formula is C14H20ClN2O14P3. The molecule has 0 aliphatic carbocycles. The van der Waals surface area contributed by atoms with E-state index in [2.05, 4.69) is 25.0 Å². The molecule has 6 N–H and O–H groups in total. The van der Waals surface area contributed by atoms with Gasteiger partial charge in [-0.15, -0.1) is 5.92 Å². The molecule has 0 amide bonds. The molecule has 1 aliphatic heterocycles. The lowest BCUT2D eigenvalue weighted by Gasteiger charge is -2.27. The second-order valence-corrected chi connectivity index (χ2v) is 11.9. The minimum absolute atomic E-state index is 0.0649. The van der Waals surface area contributed by atoms with Crippen molar-refractivity contribution >= 4 is 35.1 Å². The largest absolute Gasteiger partial charge is 0.490 e. The smallest absolute Gasteiger partial charge is 0.387 e. The molecule has 2 rings (SSSR count). The van der Waals surface area contributed by atoms with Gasteiger partial charge in [0.05, 0.1) is 6.10 Å². The van der Waals surface area contributed by atoms with E-state index in [1.54, 1.807) is 0 Å². The zero-order chi connectivity index (χ0) is 26.3. The Morgan fingerprint density at radius 3 is 2.29 bits per heavy atom. The first kappa shape index (κ1) is 29.1. The second kappa shape index (κ2) is 10.1. The standard InChI is InChI=1S/C14H20ClN2O14P3/c1-4-5-14(15)11(19)10(28-12(14)17-7(2)6-9(18)16-13(17)20)8(3)29-33(24,25)31-34(26,27)30-32(21,22)23/h6,8,10-12,19H,1-3H3,(H,24,25)(H,26,27)(H,16,18,20)(H2,21,22,23)/t8-,10+,11?,12+,14?/m0/s1. The van der Waals surface area contributed by atoms with Crippen LogP contribution in [0.15, 0.2) is 15.7 Å². The summed E-state index contributed by atoms with van der Waals surface area (Å²) in [6.07, 6.45) is -6.65. The molecule has 0 aromatic carbocycles. The molecule has 4 unspecified atom stereocenters. The number of aryl methyl sites for hydroxylation is 1. The van der Waals surface area contributed by atoms with Crippen molar-refractivity contribution in [3.63, 3.8) is 0 Å². The minimum atomic E-state index is -5.78. The van der Waals surface area contributed by atoms with Crippen molar-refractivity contribution in [3.8, 4) is 11.8 Å². The maximum Gasteiger partial charge on any atom is 0.490 e. The van der Waals surface area contributed by atoms with E-state index in [-0.39, 0.29) is 5.69 Å². The highest BCUT2D eigenvalue weighted by atomic mass is 35.5. The first-order valence-corrected chi connectivity index (χ1v) is 13.8. The quantitative estimate of drug-likeness (QED) is 0.135. The van der Waals surface area contributed by atoms with E-state index in [1.807, 2.05) is 4.98 Å². The van der Waals surface area contributed by atoms with Crippen LogP contribution in [0.2, 0.25) is 0 Å². The van der Waals surface area contributed by atoms with E-state index < -0.39 is 64.1 Å². The zero-order valence-corrected chi connectivity index (χ0v) is 20.9. The number of H-pyrrole nitrogens is 1. The molecule has 1 saturated heterocycles. The van der Waals surface area contributed by atoms with Gasteiger partial charge in [0.25, 0.3) is 5.56 Å². The first-order chi connectivity index (χ1) is 15.3. The van der Waals surface area contributed by atoms with Crippen LogP contribution < -0.4 is 11.2 Å². The Hall–Kier alpha value is -1.14. The van der Waals surface area contributed by atoms with Crippen LogP contribution in [0.3, 0.4) is 0 Å². The fourth-order valence-electron chi connectivity index (χ4n) is 3.13. The molecule has 1 aromatic rings. The number of aliphatic hydroxyl groups excluding tert-OH is 1. The summed E-state index contributed by atoms with van der Waals surface area (Å²) < 4.78 is 52.8. The summed E-state index contributed by atoms with van der Waals surface area (Å²) in [5.74, 6) is 4.93. The highest BCUT2D eigenvalue weighted by Crippen LogP contribution is 2.66. The van der Waals surface area contributed by atoms with Crippen molar-refractivity contribution in [3.05, 3.63) is 32.6 Å². The molecule has 20 heteroatoms. The molecule has 1 fully saturated rings. The number of alkyl halides is 1. The second-order valence-electron chi connectivity index (χ2n) is 6.89. The highest BCUT2D eigenvalue weighted by Gasteiger charge is 2.58. The van der Waals surface area contributed by atoms with Gasteiger partial charge in [-0.2, -0.15) is 8.62 Å². The summed E-state index contributed by atoms with van der Waals surface area (Å²) in [6.45, 7) is 3.78. The van der Waals surface area contributed by atoms with Gasteiger partial charge in [0.2, 0.25) is 0 Å². The van der Waals surface area contributed by atoms with Crippen molar-refractivity contribution in [1.82, 2.24) is 9.55 Å². The van der Waals surface area contributed by atoms with Gasteiger partial charge < -0.3 is 29.4 Å². The molecule has 2 heterocycles. The van der Waals surface area contributed by atoms with Crippen LogP contribution in [0.4, 0.5) is 0 Å². The van der Waals surface area contributed by atoms with Gasteiger partial charge in [0.15, 0.2) is 11.1 Å². The van der Waals surface area contributed by atoms with Gasteiger partial charge in [-0.25, -0.2) is 18.5 Å². The Balaban J connectivity index is 2.37.